The van der Waals surface area contributed by atoms with Crippen LogP contribution in [0.25, 0.3) is 0 Å². The van der Waals surface area contributed by atoms with Gasteiger partial charge in [0, 0.05) is 32.6 Å². The zero-order valence-electron chi connectivity index (χ0n) is 17.1. The van der Waals surface area contributed by atoms with Gasteiger partial charge in [0.15, 0.2) is 0 Å². The summed E-state index contributed by atoms with van der Waals surface area (Å²) in [4.78, 5) is 22.7. The van der Waals surface area contributed by atoms with E-state index in [2.05, 4.69) is 27.4 Å². The van der Waals surface area contributed by atoms with Gasteiger partial charge in [0.1, 0.15) is 6.29 Å². The minimum atomic E-state index is -0.181. The third-order valence-electron chi connectivity index (χ3n) is 2.46. The van der Waals surface area contributed by atoms with E-state index in [4.69, 9.17) is 19.5 Å². The summed E-state index contributed by atoms with van der Waals surface area (Å²) in [6, 6.07) is 0. The maximum Gasteiger partial charge on any atom is 1.00 e. The van der Waals surface area contributed by atoms with E-state index in [9.17, 15) is 4.79 Å². The normalized spacial score (nSPS) is 15.2. The van der Waals surface area contributed by atoms with Gasteiger partial charge in [-0.15, -0.1) is 0 Å². The number of rotatable bonds is 3. The summed E-state index contributed by atoms with van der Waals surface area (Å²) in [5.41, 5.74) is 0. The number of hydrogen-bond donors (Lipinski definition) is 1. The number of carbonyl (C=O) groups excluding carboxylic acids is 2. The van der Waals surface area contributed by atoms with Crippen molar-refractivity contribution in [3.05, 3.63) is 12.3 Å². The first-order valence-electron chi connectivity index (χ1n) is 7.65. The Hall–Kier alpha value is 1.79. The molecule has 1 N–H and O–H groups in total. The Morgan fingerprint density at radius 3 is 1.80 bits per heavy atom. The van der Waals surface area contributed by atoms with Gasteiger partial charge in [-0.1, -0.05) is 13.0 Å². The van der Waals surface area contributed by atoms with Gasteiger partial charge < -0.3 is 36.1 Å². The van der Waals surface area contributed by atoms with E-state index in [-0.39, 0.29) is 111 Å². The summed E-state index contributed by atoms with van der Waals surface area (Å²) in [5, 5.41) is 11.6. The SMILES string of the molecule is C/C=C/N1CCOCC1.C1COCCN1.CCC=O.O=CO[O-].[H-].[K+].[K+]. The predicted octanol–water partition coefficient (Wildman–Crippen LogP) is -6.39. The first-order chi connectivity index (χ1) is 11.3. The Morgan fingerprint density at radius 1 is 1.12 bits per heavy atom. The molecule has 2 saturated heterocycles. The molecule has 0 spiro atoms. The van der Waals surface area contributed by atoms with E-state index in [0.29, 0.717) is 6.42 Å². The molecule has 2 fully saturated rings. The van der Waals surface area contributed by atoms with Crippen molar-refractivity contribution in [2.45, 2.75) is 20.3 Å². The van der Waals surface area contributed by atoms with Crippen LogP contribution in [0.3, 0.4) is 0 Å². The van der Waals surface area contributed by atoms with Crippen molar-refractivity contribution in [1.29, 1.82) is 0 Å². The van der Waals surface area contributed by atoms with Crippen molar-refractivity contribution < 1.29 is 133 Å². The van der Waals surface area contributed by atoms with E-state index in [1.165, 1.54) is 0 Å². The summed E-state index contributed by atoms with van der Waals surface area (Å²) >= 11 is 0. The molecule has 2 aliphatic heterocycles. The molecule has 8 nitrogen and oxygen atoms in total. The molecular formula is C15H30K2N2O6. The third-order valence-corrected chi connectivity index (χ3v) is 2.46. The number of ether oxygens (including phenoxy) is 2. The van der Waals surface area contributed by atoms with Crippen molar-refractivity contribution in [2.75, 3.05) is 52.6 Å². The first kappa shape index (κ1) is 34.3. The van der Waals surface area contributed by atoms with Crippen LogP contribution in [0.15, 0.2) is 12.3 Å². The standard InChI is InChI=1S/C7H13NO.C4H9NO.C3H6O.CH2O3.2K.H/c1-2-3-8-4-6-9-7-5-8;1-3-6-4-2-5-1;1-2-3-4;2-1-4-3;;;/h2-3H,4-7H2,1H3;5H,1-4H2;3H,2H2,1H3;1,3H;;;/q;;;;2*+1;-1/p-1/b3-2+;;;;;;. The fourth-order valence-electron chi connectivity index (χ4n) is 1.45. The van der Waals surface area contributed by atoms with Gasteiger partial charge >= 0.3 is 103 Å². The number of carbonyl (C=O) groups is 2. The second-order valence-electron chi connectivity index (χ2n) is 4.26. The van der Waals surface area contributed by atoms with E-state index in [0.717, 1.165) is 58.9 Å². The fourth-order valence-corrected chi connectivity index (χ4v) is 1.45. The van der Waals surface area contributed by atoms with Gasteiger partial charge in [-0.05, 0) is 13.1 Å². The van der Waals surface area contributed by atoms with Crippen LogP contribution in [0.5, 0.6) is 0 Å². The van der Waals surface area contributed by atoms with Crippen LogP contribution < -0.4 is 113 Å². The smallest absolute Gasteiger partial charge is 1.00 e. The molecule has 10 heteroatoms. The van der Waals surface area contributed by atoms with E-state index in [1.54, 1.807) is 0 Å². The van der Waals surface area contributed by atoms with E-state index >= 15 is 0 Å². The van der Waals surface area contributed by atoms with Crippen LogP contribution in [0.1, 0.15) is 21.7 Å². The molecule has 0 aromatic heterocycles. The molecule has 0 aromatic carbocycles. The van der Waals surface area contributed by atoms with Crippen LogP contribution in [0.2, 0.25) is 0 Å². The Bertz CT molecular complexity index is 263. The molecule has 0 bridgehead atoms. The summed E-state index contributed by atoms with van der Waals surface area (Å²) in [5.74, 6) is 0. The summed E-state index contributed by atoms with van der Waals surface area (Å²) in [6.07, 6.45) is 5.69. The second kappa shape index (κ2) is 33.4. The summed E-state index contributed by atoms with van der Waals surface area (Å²) in [7, 11) is 0. The van der Waals surface area contributed by atoms with Crippen LogP contribution >= 0.6 is 0 Å². The molecule has 2 aliphatic rings. The van der Waals surface area contributed by atoms with Crippen molar-refractivity contribution in [3.8, 4) is 0 Å². The number of nitrogens with zero attached hydrogens (tertiary/aromatic N) is 1. The number of nitrogens with one attached hydrogen (secondary N) is 1. The van der Waals surface area contributed by atoms with Gasteiger partial charge in [0.25, 0.3) is 6.47 Å². The number of allylic oxidation sites excluding steroid dienone is 1. The Kier molecular flexibility index (Phi) is 45.8. The topological polar surface area (TPSA) is 100 Å². The summed E-state index contributed by atoms with van der Waals surface area (Å²) in [6.45, 7) is 11.4. The van der Waals surface area contributed by atoms with Gasteiger partial charge in [0.05, 0.1) is 26.4 Å². The zero-order valence-corrected chi connectivity index (χ0v) is 22.3. The maximum absolute atomic E-state index is 9.17. The first-order valence-corrected chi connectivity index (χ1v) is 7.65. The van der Waals surface area contributed by atoms with Crippen LogP contribution in [-0.2, 0) is 24.0 Å². The number of morpholine rings is 2. The van der Waals surface area contributed by atoms with Gasteiger partial charge in [-0.2, -0.15) is 0 Å². The predicted molar refractivity (Wildman–Crippen MR) is 85.5 cm³/mol. The quantitative estimate of drug-likeness (QED) is 0.211. The Labute approximate surface area is 237 Å². The minimum absolute atomic E-state index is 0. The molecule has 0 amide bonds. The fraction of sp³-hybridized carbons (Fsp3) is 0.733. The molecule has 2 rings (SSSR count). The summed E-state index contributed by atoms with van der Waals surface area (Å²) < 4.78 is 10.2. The third kappa shape index (κ3) is 33.8. The second-order valence-corrected chi connectivity index (χ2v) is 4.26. The van der Waals surface area contributed by atoms with E-state index < -0.39 is 0 Å². The molecule has 0 unspecified atom stereocenters. The molecule has 138 valence electrons. The molecule has 2 heterocycles. The molecular weight excluding hydrogens is 382 g/mol. The molecule has 0 aliphatic carbocycles. The number of aldehydes is 1. The largest absolute Gasteiger partial charge is 1.00 e. The van der Waals surface area contributed by atoms with Crippen LogP contribution in [-0.4, -0.2) is 70.3 Å². The average Bonchev–Trinajstić information content (AvgIpc) is 2.65. The molecule has 0 radical (unpaired) electrons. The van der Waals surface area contributed by atoms with Crippen LogP contribution in [0, 0.1) is 0 Å². The monoisotopic (exact) mass is 412 g/mol. The minimum Gasteiger partial charge on any atom is -1.00 e. The molecule has 0 aromatic rings. The van der Waals surface area contributed by atoms with E-state index in [1.807, 2.05) is 13.8 Å². The van der Waals surface area contributed by atoms with Crippen LogP contribution in [0.4, 0.5) is 0 Å². The van der Waals surface area contributed by atoms with Crippen molar-refractivity contribution >= 4 is 12.8 Å². The van der Waals surface area contributed by atoms with Gasteiger partial charge in [-0.25, -0.2) is 0 Å². The van der Waals surface area contributed by atoms with Gasteiger partial charge in [-0.3, -0.25) is 4.79 Å². The molecule has 0 saturated carbocycles. The van der Waals surface area contributed by atoms with Crippen molar-refractivity contribution in [1.82, 2.24) is 10.2 Å². The number of hydrogen-bond acceptors (Lipinski definition) is 8. The van der Waals surface area contributed by atoms with Crippen molar-refractivity contribution in [2.24, 2.45) is 0 Å². The Balaban J connectivity index is -0.0000000771. The molecule has 0 atom stereocenters. The van der Waals surface area contributed by atoms with Gasteiger partial charge in [0.2, 0.25) is 0 Å². The Morgan fingerprint density at radius 2 is 1.56 bits per heavy atom. The molecule has 25 heavy (non-hydrogen) atoms. The van der Waals surface area contributed by atoms with Crippen molar-refractivity contribution in [3.63, 3.8) is 0 Å². The average molecular weight is 413 g/mol. The zero-order chi connectivity index (χ0) is 17.6. The maximum atomic E-state index is 9.17.